The number of carbonyl (C=O) groups excluding carboxylic acids is 3. The molecule has 1 aliphatic rings. The first-order valence-electron chi connectivity index (χ1n) is 10.8. The van der Waals surface area contributed by atoms with E-state index in [0.29, 0.717) is 34.1 Å². The fourth-order valence-electron chi connectivity index (χ4n) is 3.79. The molecule has 1 unspecified atom stereocenters. The first kappa shape index (κ1) is 22.8. The summed E-state index contributed by atoms with van der Waals surface area (Å²) in [4.78, 5) is 40.0. The van der Waals surface area contributed by atoms with Crippen LogP contribution < -0.4 is 25.0 Å². The fourth-order valence-corrected chi connectivity index (χ4v) is 3.79. The zero-order valence-electron chi connectivity index (χ0n) is 18.9. The average Bonchev–Trinajstić information content (AvgIpc) is 3.26. The van der Waals surface area contributed by atoms with Crippen molar-refractivity contribution in [2.45, 2.75) is 6.42 Å². The lowest BCUT2D eigenvalue weighted by molar-refractivity contribution is -0.122. The summed E-state index contributed by atoms with van der Waals surface area (Å²) in [5.41, 5.74) is 2.01. The largest absolute Gasteiger partial charge is 0.497 e. The van der Waals surface area contributed by atoms with Crippen molar-refractivity contribution in [3.05, 3.63) is 78.4 Å². The molecule has 1 fully saturated rings. The molecule has 8 nitrogen and oxygen atoms in total. The monoisotopic (exact) mass is 459 g/mol. The first-order valence-corrected chi connectivity index (χ1v) is 10.8. The molecule has 34 heavy (non-hydrogen) atoms. The number of rotatable bonds is 7. The van der Waals surface area contributed by atoms with Gasteiger partial charge in [0.1, 0.15) is 11.5 Å². The molecule has 0 saturated carbocycles. The van der Waals surface area contributed by atoms with Gasteiger partial charge in [0.05, 0.1) is 31.4 Å². The van der Waals surface area contributed by atoms with Crippen LogP contribution in [0, 0.1) is 5.92 Å². The fraction of sp³-hybridized carbons (Fsp3) is 0.192. The van der Waals surface area contributed by atoms with E-state index < -0.39 is 5.92 Å². The topological polar surface area (TPSA) is 97.0 Å². The number of nitrogens with one attached hydrogen (secondary N) is 2. The van der Waals surface area contributed by atoms with Gasteiger partial charge in [-0.2, -0.15) is 0 Å². The van der Waals surface area contributed by atoms with Crippen LogP contribution in [-0.2, 0) is 9.59 Å². The van der Waals surface area contributed by atoms with E-state index in [1.165, 1.54) is 0 Å². The van der Waals surface area contributed by atoms with Gasteiger partial charge >= 0.3 is 0 Å². The van der Waals surface area contributed by atoms with E-state index in [0.717, 1.165) is 0 Å². The molecule has 174 valence electrons. The molecule has 2 N–H and O–H groups in total. The molecule has 1 aliphatic heterocycles. The summed E-state index contributed by atoms with van der Waals surface area (Å²) in [7, 11) is 3.14. The molecule has 8 heteroatoms. The van der Waals surface area contributed by atoms with Crippen LogP contribution >= 0.6 is 0 Å². The summed E-state index contributed by atoms with van der Waals surface area (Å²) in [6.45, 7) is 0.261. The Morgan fingerprint density at radius 1 is 0.853 bits per heavy atom. The van der Waals surface area contributed by atoms with Crippen molar-refractivity contribution >= 4 is 34.8 Å². The Morgan fingerprint density at radius 2 is 1.47 bits per heavy atom. The van der Waals surface area contributed by atoms with Gasteiger partial charge < -0.3 is 25.0 Å². The van der Waals surface area contributed by atoms with Crippen molar-refractivity contribution < 1.29 is 23.9 Å². The van der Waals surface area contributed by atoms with Crippen LogP contribution in [0.4, 0.5) is 17.1 Å². The molecule has 1 heterocycles. The van der Waals surface area contributed by atoms with Crippen LogP contribution in [0.1, 0.15) is 16.8 Å². The molecule has 0 aromatic heterocycles. The van der Waals surface area contributed by atoms with Crippen molar-refractivity contribution in [3.8, 4) is 11.5 Å². The average molecular weight is 460 g/mol. The molecule has 4 rings (SSSR count). The van der Waals surface area contributed by atoms with Gasteiger partial charge in [-0.25, -0.2) is 0 Å². The van der Waals surface area contributed by atoms with Crippen LogP contribution in [-0.4, -0.2) is 38.5 Å². The highest BCUT2D eigenvalue weighted by Crippen LogP contribution is 2.28. The minimum Gasteiger partial charge on any atom is -0.497 e. The van der Waals surface area contributed by atoms with Crippen molar-refractivity contribution in [2.75, 3.05) is 36.3 Å². The number of ether oxygens (including phenoxy) is 2. The van der Waals surface area contributed by atoms with E-state index in [4.69, 9.17) is 9.47 Å². The summed E-state index contributed by atoms with van der Waals surface area (Å²) in [5.74, 6) is 0.0373. The van der Waals surface area contributed by atoms with E-state index in [1.54, 1.807) is 91.9 Å². The van der Waals surface area contributed by atoms with Gasteiger partial charge in [0.15, 0.2) is 0 Å². The summed E-state index contributed by atoms with van der Waals surface area (Å²) in [6.07, 6.45) is 0.0953. The number of hydrogen-bond donors (Lipinski definition) is 2. The number of carbonyl (C=O) groups is 3. The molecule has 3 aromatic rings. The number of anilines is 3. The SMILES string of the molecule is COc1ccc(NC(=O)c2ccccc2NC(=O)C2CC(=O)N(c3ccc(OC)cc3)C2)cc1. The van der Waals surface area contributed by atoms with E-state index in [1.807, 2.05) is 0 Å². The Bertz CT molecular complexity index is 1190. The lowest BCUT2D eigenvalue weighted by Crippen LogP contribution is -2.28. The third-order valence-corrected chi connectivity index (χ3v) is 5.66. The highest BCUT2D eigenvalue weighted by atomic mass is 16.5. The summed E-state index contributed by atoms with van der Waals surface area (Å²) in [5, 5.41) is 5.65. The second kappa shape index (κ2) is 10.1. The van der Waals surface area contributed by atoms with Crippen molar-refractivity contribution in [3.63, 3.8) is 0 Å². The van der Waals surface area contributed by atoms with Crippen molar-refractivity contribution in [1.29, 1.82) is 0 Å². The highest BCUT2D eigenvalue weighted by molar-refractivity contribution is 6.11. The molecule has 3 aromatic carbocycles. The van der Waals surface area contributed by atoms with Gasteiger partial charge in [0, 0.05) is 24.3 Å². The third-order valence-electron chi connectivity index (χ3n) is 5.66. The molecule has 0 aliphatic carbocycles. The first-order chi connectivity index (χ1) is 16.5. The Balaban J connectivity index is 1.44. The molecular weight excluding hydrogens is 434 g/mol. The molecule has 1 saturated heterocycles. The molecular formula is C26H25N3O5. The van der Waals surface area contributed by atoms with E-state index >= 15 is 0 Å². The Kier molecular flexibility index (Phi) is 6.77. The summed E-state index contributed by atoms with van der Waals surface area (Å²) in [6, 6.07) is 20.8. The highest BCUT2D eigenvalue weighted by Gasteiger charge is 2.35. The molecule has 0 bridgehead atoms. The molecule has 3 amide bonds. The molecule has 0 spiro atoms. The predicted molar refractivity (Wildman–Crippen MR) is 129 cm³/mol. The van der Waals surface area contributed by atoms with Crippen LogP contribution in [0.3, 0.4) is 0 Å². The van der Waals surface area contributed by atoms with Gasteiger partial charge in [-0.05, 0) is 60.7 Å². The maximum Gasteiger partial charge on any atom is 0.257 e. The van der Waals surface area contributed by atoms with Gasteiger partial charge in [0.2, 0.25) is 11.8 Å². The van der Waals surface area contributed by atoms with Gasteiger partial charge in [0.25, 0.3) is 5.91 Å². The number of methoxy groups -OCH3 is 2. The summed E-state index contributed by atoms with van der Waals surface area (Å²) < 4.78 is 10.3. The molecule has 1 atom stereocenters. The van der Waals surface area contributed by atoms with Gasteiger partial charge in [-0.3, -0.25) is 14.4 Å². The van der Waals surface area contributed by atoms with E-state index in [2.05, 4.69) is 10.6 Å². The maximum atomic E-state index is 13.0. The van der Waals surface area contributed by atoms with E-state index in [-0.39, 0.29) is 30.7 Å². The van der Waals surface area contributed by atoms with Crippen LogP contribution in [0.25, 0.3) is 0 Å². The second-order valence-electron chi connectivity index (χ2n) is 7.82. The number of amides is 3. The van der Waals surface area contributed by atoms with Crippen LogP contribution in [0.15, 0.2) is 72.8 Å². The van der Waals surface area contributed by atoms with Gasteiger partial charge in [-0.15, -0.1) is 0 Å². The van der Waals surface area contributed by atoms with Crippen LogP contribution in [0.2, 0.25) is 0 Å². The Labute approximate surface area is 197 Å². The second-order valence-corrected chi connectivity index (χ2v) is 7.82. The maximum absolute atomic E-state index is 13.0. The zero-order valence-corrected chi connectivity index (χ0v) is 18.9. The summed E-state index contributed by atoms with van der Waals surface area (Å²) >= 11 is 0. The number of para-hydroxylation sites is 1. The predicted octanol–water partition coefficient (Wildman–Crippen LogP) is 3.95. The zero-order chi connectivity index (χ0) is 24.1. The Hall–Kier alpha value is -4.33. The van der Waals surface area contributed by atoms with Crippen molar-refractivity contribution in [1.82, 2.24) is 0 Å². The lowest BCUT2D eigenvalue weighted by Gasteiger charge is -2.17. The Morgan fingerprint density at radius 3 is 2.12 bits per heavy atom. The number of benzene rings is 3. The number of nitrogens with zero attached hydrogens (tertiary/aromatic N) is 1. The minimum absolute atomic E-state index is 0.0953. The lowest BCUT2D eigenvalue weighted by atomic mass is 10.1. The smallest absolute Gasteiger partial charge is 0.257 e. The van der Waals surface area contributed by atoms with Crippen molar-refractivity contribution in [2.24, 2.45) is 5.92 Å². The molecule has 0 radical (unpaired) electrons. The number of hydrogen-bond acceptors (Lipinski definition) is 5. The quantitative estimate of drug-likeness (QED) is 0.558. The van der Waals surface area contributed by atoms with Crippen LogP contribution in [0.5, 0.6) is 11.5 Å². The normalized spacial score (nSPS) is 15.1. The van der Waals surface area contributed by atoms with Gasteiger partial charge in [-0.1, -0.05) is 12.1 Å². The standard InChI is InChI=1S/C26H25N3O5/c1-33-20-11-7-18(8-12-20)27-26(32)22-5-3-4-6-23(22)28-25(31)17-15-24(30)29(16-17)19-9-13-21(34-2)14-10-19/h3-14,17H,15-16H2,1-2H3,(H,27,32)(H,28,31). The van der Waals surface area contributed by atoms with E-state index in [9.17, 15) is 14.4 Å². The third kappa shape index (κ3) is 5.01. The minimum atomic E-state index is -0.535.